The molecule has 0 heterocycles. The minimum absolute atomic E-state index is 0.183. The summed E-state index contributed by atoms with van der Waals surface area (Å²) in [6, 6.07) is 33.4. The van der Waals surface area contributed by atoms with Crippen molar-refractivity contribution in [2.45, 2.75) is 0 Å². The van der Waals surface area contributed by atoms with Crippen LogP contribution in [0.15, 0.2) is 109 Å². The molecular formula is C27H21N3O2S. The predicted molar refractivity (Wildman–Crippen MR) is 136 cm³/mol. The van der Waals surface area contributed by atoms with Crippen LogP contribution in [0.3, 0.4) is 0 Å². The molecule has 0 bridgehead atoms. The fourth-order valence-corrected chi connectivity index (χ4v) is 3.42. The van der Waals surface area contributed by atoms with E-state index in [0.717, 1.165) is 11.1 Å². The second-order valence-electron chi connectivity index (χ2n) is 7.25. The monoisotopic (exact) mass is 451 g/mol. The van der Waals surface area contributed by atoms with Crippen LogP contribution in [0.25, 0.3) is 11.1 Å². The van der Waals surface area contributed by atoms with Crippen molar-refractivity contribution in [3.05, 3.63) is 120 Å². The molecule has 6 heteroatoms. The summed E-state index contributed by atoms with van der Waals surface area (Å²) >= 11 is 5.27. The molecule has 4 aromatic carbocycles. The first-order chi connectivity index (χ1) is 16.1. The highest BCUT2D eigenvalue weighted by Gasteiger charge is 2.09. The number of amides is 2. The molecule has 2 amide bonds. The van der Waals surface area contributed by atoms with Crippen molar-refractivity contribution in [1.29, 1.82) is 0 Å². The summed E-state index contributed by atoms with van der Waals surface area (Å²) < 4.78 is 0. The van der Waals surface area contributed by atoms with Crippen LogP contribution in [-0.4, -0.2) is 16.9 Å². The van der Waals surface area contributed by atoms with Gasteiger partial charge in [-0.05, 0) is 71.9 Å². The average molecular weight is 452 g/mol. The van der Waals surface area contributed by atoms with Crippen molar-refractivity contribution in [2.75, 3.05) is 10.6 Å². The molecule has 3 N–H and O–H groups in total. The quantitative estimate of drug-likeness (QED) is 0.339. The lowest BCUT2D eigenvalue weighted by atomic mass is 10.0. The van der Waals surface area contributed by atoms with Gasteiger partial charge in [-0.15, -0.1) is 0 Å². The highest BCUT2D eigenvalue weighted by molar-refractivity contribution is 7.80. The summed E-state index contributed by atoms with van der Waals surface area (Å²) in [7, 11) is 0. The Morgan fingerprint density at radius 3 is 1.61 bits per heavy atom. The predicted octanol–water partition coefficient (Wildman–Crippen LogP) is 5.73. The molecule has 0 aliphatic rings. The number of hydrogen-bond acceptors (Lipinski definition) is 3. The molecule has 0 saturated carbocycles. The van der Waals surface area contributed by atoms with Gasteiger partial charge in [0, 0.05) is 22.5 Å². The van der Waals surface area contributed by atoms with Gasteiger partial charge in [0.2, 0.25) is 0 Å². The topological polar surface area (TPSA) is 70.2 Å². The zero-order chi connectivity index (χ0) is 23.0. The summed E-state index contributed by atoms with van der Waals surface area (Å²) in [5.41, 5.74) is 4.57. The first-order valence-corrected chi connectivity index (χ1v) is 10.7. The standard InChI is InChI=1S/C27H21N3O2S/c31-25(21-9-5-2-6-10-21)28-23-15-17-24(18-16-23)29-27(33)30-26(32)22-13-11-20(12-14-22)19-7-3-1-4-8-19/h1-18H,(H,28,31)(H2,29,30,32,33). The fraction of sp³-hybridized carbons (Fsp3) is 0. The molecule has 0 fully saturated rings. The van der Waals surface area contributed by atoms with E-state index in [1.54, 1.807) is 48.5 Å². The van der Waals surface area contributed by atoms with Crippen LogP contribution in [0.1, 0.15) is 20.7 Å². The number of nitrogens with one attached hydrogen (secondary N) is 3. The van der Waals surface area contributed by atoms with Gasteiger partial charge in [0.25, 0.3) is 11.8 Å². The Kier molecular flexibility index (Phi) is 6.87. The molecule has 0 atom stereocenters. The van der Waals surface area contributed by atoms with Crippen LogP contribution in [0.5, 0.6) is 0 Å². The Hall–Kier alpha value is -4.29. The number of rotatable bonds is 5. The molecule has 0 unspecified atom stereocenters. The lowest BCUT2D eigenvalue weighted by molar-refractivity contribution is 0.0976. The van der Waals surface area contributed by atoms with Gasteiger partial charge in [-0.3, -0.25) is 14.9 Å². The van der Waals surface area contributed by atoms with Crippen molar-refractivity contribution in [1.82, 2.24) is 5.32 Å². The number of hydrogen-bond donors (Lipinski definition) is 3. The Labute approximate surface area is 197 Å². The first kappa shape index (κ1) is 21.9. The molecule has 162 valence electrons. The number of carbonyl (C=O) groups excluding carboxylic acids is 2. The average Bonchev–Trinajstić information content (AvgIpc) is 2.86. The second kappa shape index (κ2) is 10.3. The molecule has 0 saturated heterocycles. The Morgan fingerprint density at radius 1 is 0.515 bits per heavy atom. The van der Waals surface area contributed by atoms with Gasteiger partial charge >= 0.3 is 0 Å². The zero-order valence-corrected chi connectivity index (χ0v) is 18.4. The van der Waals surface area contributed by atoms with Crippen LogP contribution in [-0.2, 0) is 0 Å². The Bertz CT molecular complexity index is 1260. The third-order valence-corrected chi connectivity index (χ3v) is 5.12. The van der Waals surface area contributed by atoms with Crippen LogP contribution in [0, 0.1) is 0 Å². The fourth-order valence-electron chi connectivity index (χ4n) is 3.21. The summed E-state index contributed by atoms with van der Waals surface area (Å²) in [5.74, 6) is -0.476. The van der Waals surface area contributed by atoms with Gasteiger partial charge in [-0.25, -0.2) is 0 Å². The van der Waals surface area contributed by atoms with E-state index < -0.39 is 0 Å². The van der Waals surface area contributed by atoms with Crippen LogP contribution >= 0.6 is 12.2 Å². The normalized spacial score (nSPS) is 10.2. The van der Waals surface area contributed by atoms with E-state index in [-0.39, 0.29) is 16.9 Å². The van der Waals surface area contributed by atoms with Crippen molar-refractivity contribution < 1.29 is 9.59 Å². The van der Waals surface area contributed by atoms with Gasteiger partial charge in [0.1, 0.15) is 0 Å². The number of thiocarbonyl (C=S) groups is 1. The van der Waals surface area contributed by atoms with E-state index >= 15 is 0 Å². The highest BCUT2D eigenvalue weighted by Crippen LogP contribution is 2.19. The maximum atomic E-state index is 12.5. The molecule has 33 heavy (non-hydrogen) atoms. The van der Waals surface area contributed by atoms with Crippen molar-refractivity contribution in [3.63, 3.8) is 0 Å². The molecule has 0 aliphatic heterocycles. The minimum Gasteiger partial charge on any atom is -0.332 e. The Balaban J connectivity index is 1.31. The summed E-state index contributed by atoms with van der Waals surface area (Å²) in [6.07, 6.45) is 0. The van der Waals surface area contributed by atoms with E-state index in [0.29, 0.717) is 22.5 Å². The SMILES string of the molecule is O=C(NC(=S)Nc1ccc(NC(=O)c2ccccc2)cc1)c1ccc(-c2ccccc2)cc1. The summed E-state index contributed by atoms with van der Waals surface area (Å²) in [5, 5.41) is 8.69. The van der Waals surface area contributed by atoms with Crippen molar-refractivity contribution in [3.8, 4) is 11.1 Å². The van der Waals surface area contributed by atoms with Gasteiger partial charge < -0.3 is 10.6 Å². The van der Waals surface area contributed by atoms with E-state index in [9.17, 15) is 9.59 Å². The largest absolute Gasteiger partial charge is 0.332 e. The molecule has 4 rings (SSSR count). The van der Waals surface area contributed by atoms with Gasteiger partial charge in [-0.2, -0.15) is 0 Å². The van der Waals surface area contributed by atoms with Gasteiger partial charge in [-0.1, -0.05) is 60.7 Å². The maximum absolute atomic E-state index is 12.5. The lowest BCUT2D eigenvalue weighted by Gasteiger charge is -2.11. The molecule has 0 radical (unpaired) electrons. The van der Waals surface area contributed by atoms with E-state index in [2.05, 4.69) is 16.0 Å². The first-order valence-electron chi connectivity index (χ1n) is 10.3. The molecule has 0 aliphatic carbocycles. The summed E-state index contributed by atoms with van der Waals surface area (Å²) in [6.45, 7) is 0. The minimum atomic E-state index is -0.293. The molecule has 0 spiro atoms. The van der Waals surface area contributed by atoms with Gasteiger partial charge in [0.15, 0.2) is 5.11 Å². The zero-order valence-electron chi connectivity index (χ0n) is 17.6. The van der Waals surface area contributed by atoms with Gasteiger partial charge in [0.05, 0.1) is 0 Å². The summed E-state index contributed by atoms with van der Waals surface area (Å²) in [4.78, 5) is 24.8. The van der Waals surface area contributed by atoms with E-state index in [1.807, 2.05) is 60.7 Å². The number of benzene rings is 4. The smallest absolute Gasteiger partial charge is 0.257 e. The Morgan fingerprint density at radius 2 is 1.00 bits per heavy atom. The van der Waals surface area contributed by atoms with E-state index in [4.69, 9.17) is 12.2 Å². The number of anilines is 2. The number of carbonyl (C=O) groups is 2. The van der Waals surface area contributed by atoms with E-state index in [1.165, 1.54) is 0 Å². The lowest BCUT2D eigenvalue weighted by Crippen LogP contribution is -2.34. The highest BCUT2D eigenvalue weighted by atomic mass is 32.1. The molecule has 5 nitrogen and oxygen atoms in total. The second-order valence-corrected chi connectivity index (χ2v) is 7.66. The molecule has 0 aromatic heterocycles. The van der Waals surface area contributed by atoms with Crippen LogP contribution in [0.2, 0.25) is 0 Å². The maximum Gasteiger partial charge on any atom is 0.257 e. The third-order valence-electron chi connectivity index (χ3n) is 4.92. The van der Waals surface area contributed by atoms with Crippen molar-refractivity contribution >= 4 is 40.5 Å². The third kappa shape index (κ3) is 5.90. The van der Waals surface area contributed by atoms with Crippen LogP contribution < -0.4 is 16.0 Å². The molecule has 4 aromatic rings. The van der Waals surface area contributed by atoms with Crippen LogP contribution in [0.4, 0.5) is 11.4 Å². The molecular weight excluding hydrogens is 430 g/mol. The van der Waals surface area contributed by atoms with Crippen molar-refractivity contribution in [2.24, 2.45) is 0 Å².